The molecule has 1 aromatic rings. The van der Waals surface area contributed by atoms with Crippen LogP contribution in [0.2, 0.25) is 0 Å². The van der Waals surface area contributed by atoms with Crippen molar-refractivity contribution in [1.29, 1.82) is 0 Å². The van der Waals surface area contributed by atoms with Crippen LogP contribution < -0.4 is 10.1 Å². The summed E-state index contributed by atoms with van der Waals surface area (Å²) < 4.78 is 11.2. The van der Waals surface area contributed by atoms with Crippen molar-refractivity contribution in [2.24, 2.45) is 0 Å². The van der Waals surface area contributed by atoms with Crippen molar-refractivity contribution in [2.75, 3.05) is 13.7 Å². The van der Waals surface area contributed by atoms with Gasteiger partial charge in [0.1, 0.15) is 5.75 Å². The van der Waals surface area contributed by atoms with Crippen molar-refractivity contribution in [3.05, 3.63) is 29.3 Å². The van der Waals surface area contributed by atoms with E-state index in [0.717, 1.165) is 30.8 Å². The number of nitrogens with one attached hydrogen (secondary N) is 1. The van der Waals surface area contributed by atoms with Gasteiger partial charge in [-0.2, -0.15) is 0 Å². The van der Waals surface area contributed by atoms with Crippen molar-refractivity contribution in [3.8, 4) is 5.75 Å². The lowest BCUT2D eigenvalue weighted by Gasteiger charge is -2.21. The molecule has 0 saturated carbocycles. The predicted octanol–water partition coefficient (Wildman–Crippen LogP) is 3.51. The Morgan fingerprint density at radius 2 is 1.95 bits per heavy atom. The number of rotatable bonds is 7. The second-order valence-electron chi connectivity index (χ2n) is 5.72. The minimum absolute atomic E-state index is 0.137. The highest BCUT2D eigenvalue weighted by Gasteiger charge is 2.12. The molecule has 0 spiro atoms. The molecule has 19 heavy (non-hydrogen) atoms. The second kappa shape index (κ2) is 7.51. The molecule has 0 aromatic heterocycles. The number of benzene rings is 1. The third-order valence-electron chi connectivity index (χ3n) is 2.76. The third kappa shape index (κ3) is 6.08. The molecule has 0 atom stereocenters. The first-order chi connectivity index (χ1) is 8.96. The summed E-state index contributed by atoms with van der Waals surface area (Å²) in [6.07, 6.45) is 1.15. The van der Waals surface area contributed by atoms with Gasteiger partial charge in [-0.15, -0.1) is 0 Å². The summed E-state index contributed by atoms with van der Waals surface area (Å²) in [6, 6.07) is 6.28. The SMILES string of the molecule is CCCNCc1ccc(OC)c(COC(C)(C)C)c1. The monoisotopic (exact) mass is 265 g/mol. The lowest BCUT2D eigenvalue weighted by molar-refractivity contribution is -0.0156. The lowest BCUT2D eigenvalue weighted by Crippen LogP contribution is -2.19. The molecule has 0 saturated heterocycles. The molecule has 0 aliphatic heterocycles. The van der Waals surface area contributed by atoms with Gasteiger partial charge >= 0.3 is 0 Å². The summed E-state index contributed by atoms with van der Waals surface area (Å²) in [5.41, 5.74) is 2.23. The standard InChI is InChI=1S/C16H27NO2/c1-6-9-17-11-13-7-8-15(18-5)14(10-13)12-19-16(2,3)4/h7-8,10,17H,6,9,11-12H2,1-5H3. The van der Waals surface area contributed by atoms with E-state index in [2.05, 4.69) is 45.1 Å². The molecular formula is C16H27NO2. The van der Waals surface area contributed by atoms with Gasteiger partial charge in [0, 0.05) is 12.1 Å². The number of hydrogen-bond donors (Lipinski definition) is 1. The van der Waals surface area contributed by atoms with Crippen molar-refractivity contribution in [2.45, 2.75) is 52.9 Å². The van der Waals surface area contributed by atoms with Crippen LogP contribution in [-0.4, -0.2) is 19.3 Å². The molecule has 0 aliphatic carbocycles. The Kier molecular flexibility index (Phi) is 6.32. The molecular weight excluding hydrogens is 238 g/mol. The van der Waals surface area contributed by atoms with Crippen LogP contribution >= 0.6 is 0 Å². The van der Waals surface area contributed by atoms with Crippen LogP contribution in [0.5, 0.6) is 5.75 Å². The van der Waals surface area contributed by atoms with Crippen LogP contribution in [0.1, 0.15) is 45.2 Å². The van der Waals surface area contributed by atoms with Gasteiger partial charge in [0.25, 0.3) is 0 Å². The van der Waals surface area contributed by atoms with Crippen molar-refractivity contribution >= 4 is 0 Å². The fraction of sp³-hybridized carbons (Fsp3) is 0.625. The van der Waals surface area contributed by atoms with E-state index in [0.29, 0.717) is 6.61 Å². The molecule has 0 bridgehead atoms. The van der Waals surface area contributed by atoms with Gasteiger partial charge in [0.15, 0.2) is 0 Å². The minimum Gasteiger partial charge on any atom is -0.496 e. The maximum Gasteiger partial charge on any atom is 0.124 e. The number of methoxy groups -OCH3 is 1. The van der Waals surface area contributed by atoms with E-state index in [1.165, 1.54) is 5.56 Å². The molecule has 3 nitrogen and oxygen atoms in total. The zero-order valence-electron chi connectivity index (χ0n) is 12.9. The summed E-state index contributed by atoms with van der Waals surface area (Å²) in [5.74, 6) is 0.892. The van der Waals surface area contributed by atoms with E-state index in [-0.39, 0.29) is 5.60 Å². The first kappa shape index (κ1) is 16.0. The van der Waals surface area contributed by atoms with E-state index in [1.54, 1.807) is 7.11 Å². The molecule has 0 fully saturated rings. The molecule has 0 aliphatic rings. The van der Waals surface area contributed by atoms with E-state index in [9.17, 15) is 0 Å². The van der Waals surface area contributed by atoms with Crippen LogP contribution in [0.4, 0.5) is 0 Å². The Hall–Kier alpha value is -1.06. The zero-order valence-corrected chi connectivity index (χ0v) is 12.9. The molecule has 1 aromatic carbocycles. The number of ether oxygens (including phenoxy) is 2. The molecule has 1 N–H and O–H groups in total. The smallest absolute Gasteiger partial charge is 0.124 e. The quantitative estimate of drug-likeness (QED) is 0.765. The summed E-state index contributed by atoms with van der Waals surface area (Å²) >= 11 is 0. The lowest BCUT2D eigenvalue weighted by atomic mass is 10.1. The van der Waals surface area contributed by atoms with E-state index >= 15 is 0 Å². The van der Waals surface area contributed by atoms with Crippen molar-refractivity contribution in [3.63, 3.8) is 0 Å². The second-order valence-corrected chi connectivity index (χ2v) is 5.72. The van der Waals surface area contributed by atoms with E-state index in [1.807, 2.05) is 6.07 Å². The summed E-state index contributed by atoms with van der Waals surface area (Å²) in [5, 5.41) is 3.41. The maximum atomic E-state index is 5.84. The molecule has 3 heteroatoms. The normalized spacial score (nSPS) is 11.6. The summed E-state index contributed by atoms with van der Waals surface area (Å²) in [6.45, 7) is 10.9. The van der Waals surface area contributed by atoms with E-state index in [4.69, 9.17) is 9.47 Å². The average Bonchev–Trinajstić information content (AvgIpc) is 2.36. The van der Waals surface area contributed by atoms with Gasteiger partial charge in [-0.3, -0.25) is 0 Å². The highest BCUT2D eigenvalue weighted by molar-refractivity contribution is 5.37. The molecule has 0 amide bonds. The Labute approximate surface area is 117 Å². The predicted molar refractivity (Wildman–Crippen MR) is 79.5 cm³/mol. The Morgan fingerprint density at radius 1 is 1.21 bits per heavy atom. The first-order valence-electron chi connectivity index (χ1n) is 6.96. The van der Waals surface area contributed by atoms with Gasteiger partial charge in [-0.1, -0.05) is 13.0 Å². The Bertz CT molecular complexity index is 383. The topological polar surface area (TPSA) is 30.5 Å². The van der Waals surface area contributed by atoms with Crippen LogP contribution in [0.3, 0.4) is 0 Å². The van der Waals surface area contributed by atoms with Crippen LogP contribution in [0, 0.1) is 0 Å². The summed E-state index contributed by atoms with van der Waals surface area (Å²) in [4.78, 5) is 0. The van der Waals surface area contributed by atoms with Gasteiger partial charge in [-0.05, 0) is 51.4 Å². The highest BCUT2D eigenvalue weighted by Crippen LogP contribution is 2.23. The van der Waals surface area contributed by atoms with E-state index < -0.39 is 0 Å². The van der Waals surface area contributed by atoms with Crippen LogP contribution in [-0.2, 0) is 17.9 Å². The van der Waals surface area contributed by atoms with Crippen molar-refractivity contribution < 1.29 is 9.47 Å². The average molecular weight is 265 g/mol. The van der Waals surface area contributed by atoms with Crippen LogP contribution in [0.15, 0.2) is 18.2 Å². The molecule has 1 rings (SSSR count). The molecule has 0 radical (unpaired) electrons. The highest BCUT2D eigenvalue weighted by atomic mass is 16.5. The summed E-state index contributed by atoms with van der Waals surface area (Å²) in [7, 11) is 1.70. The van der Waals surface area contributed by atoms with Crippen LogP contribution in [0.25, 0.3) is 0 Å². The molecule has 0 unspecified atom stereocenters. The minimum atomic E-state index is -0.137. The van der Waals surface area contributed by atoms with Gasteiger partial charge in [0.2, 0.25) is 0 Å². The molecule has 108 valence electrons. The van der Waals surface area contributed by atoms with Gasteiger partial charge in [-0.25, -0.2) is 0 Å². The Balaban J connectivity index is 2.72. The third-order valence-corrected chi connectivity index (χ3v) is 2.76. The maximum absolute atomic E-state index is 5.84. The number of hydrogen-bond acceptors (Lipinski definition) is 3. The fourth-order valence-corrected chi connectivity index (χ4v) is 1.76. The zero-order chi connectivity index (χ0) is 14.3. The first-order valence-corrected chi connectivity index (χ1v) is 6.96. The Morgan fingerprint density at radius 3 is 2.53 bits per heavy atom. The van der Waals surface area contributed by atoms with Crippen molar-refractivity contribution in [1.82, 2.24) is 5.32 Å². The van der Waals surface area contributed by atoms with Gasteiger partial charge < -0.3 is 14.8 Å². The largest absolute Gasteiger partial charge is 0.496 e. The molecule has 0 heterocycles. The fourth-order valence-electron chi connectivity index (χ4n) is 1.76. The van der Waals surface area contributed by atoms with Gasteiger partial charge in [0.05, 0.1) is 19.3 Å².